The number of rotatable bonds is 5. The van der Waals surface area contributed by atoms with Crippen LogP contribution in [0.4, 0.5) is 0 Å². The molecule has 0 aromatic carbocycles. The predicted molar refractivity (Wildman–Crippen MR) is 77.3 cm³/mol. The highest BCUT2D eigenvalue weighted by Crippen LogP contribution is 2.40. The Labute approximate surface area is 137 Å². The lowest BCUT2D eigenvalue weighted by Crippen LogP contribution is -2.40. The Balaban J connectivity index is 1.89. The third-order valence-corrected chi connectivity index (χ3v) is 4.47. The predicted octanol–water partition coefficient (Wildman–Crippen LogP) is -1.78. The van der Waals surface area contributed by atoms with Crippen LogP contribution >= 0.6 is 0 Å². The smallest absolute Gasteiger partial charge is 0.302 e. The van der Waals surface area contributed by atoms with Gasteiger partial charge in [-0.15, -0.1) is 0 Å². The molecule has 3 rings (SSSR count). The Hall–Kier alpha value is -1.54. The van der Waals surface area contributed by atoms with Crippen molar-refractivity contribution in [2.45, 2.75) is 24.5 Å². The zero-order chi connectivity index (χ0) is 17.7. The first kappa shape index (κ1) is 17.3. The Morgan fingerprint density at radius 3 is 2.58 bits per heavy atom. The van der Waals surface area contributed by atoms with Gasteiger partial charge < -0.3 is 9.47 Å². The van der Waals surface area contributed by atoms with E-state index in [1.165, 1.54) is 16.8 Å². The summed E-state index contributed by atoms with van der Waals surface area (Å²) in [5.41, 5.74) is -0.529. The fraction of sp³-hybridized carbons (Fsp3) is 0.636. The summed E-state index contributed by atoms with van der Waals surface area (Å²) in [6.45, 7) is -0.446. The molecule has 1 saturated heterocycles. The van der Waals surface area contributed by atoms with Crippen LogP contribution in [0.25, 0.3) is 0 Å². The average molecular weight is 382 g/mol. The first-order chi connectivity index (χ1) is 11.0. The second-order valence-corrected chi connectivity index (χ2v) is 8.60. The van der Waals surface area contributed by atoms with Gasteiger partial charge in [0.2, 0.25) is 0 Å². The summed E-state index contributed by atoms with van der Waals surface area (Å²) in [6, 6.07) is 1.15. The van der Waals surface area contributed by atoms with Crippen molar-refractivity contribution in [2.75, 3.05) is 19.1 Å². The lowest BCUT2D eigenvalue weighted by Gasteiger charge is -2.20. The van der Waals surface area contributed by atoms with Gasteiger partial charge in [-0.2, -0.15) is 21.8 Å². The maximum atomic E-state index is 11.5. The molecule has 134 valence electrons. The summed E-state index contributed by atoms with van der Waals surface area (Å²) >= 11 is 0. The Kier molecular flexibility index (Phi) is 4.16. The highest BCUT2D eigenvalue weighted by Gasteiger charge is 2.54. The Bertz CT molecular complexity index is 908. The van der Waals surface area contributed by atoms with E-state index < -0.39 is 56.9 Å². The van der Waals surface area contributed by atoms with Crippen molar-refractivity contribution in [3.05, 3.63) is 22.6 Å². The van der Waals surface area contributed by atoms with Gasteiger partial charge in [-0.05, 0) is 0 Å². The van der Waals surface area contributed by atoms with Crippen LogP contribution in [0.1, 0.15) is 6.23 Å². The molecule has 1 aromatic rings. The third-order valence-electron chi connectivity index (χ3n) is 3.34. The van der Waals surface area contributed by atoms with Crippen LogP contribution in [0.5, 0.6) is 6.01 Å². The molecule has 1 fully saturated rings. The summed E-state index contributed by atoms with van der Waals surface area (Å²) in [4.78, 5) is 14.9. The molecule has 13 heteroatoms. The van der Waals surface area contributed by atoms with Gasteiger partial charge in [-0.25, -0.2) is 0 Å². The minimum atomic E-state index is -3.88. The van der Waals surface area contributed by atoms with Crippen molar-refractivity contribution < 1.29 is 34.7 Å². The molecule has 1 aromatic heterocycles. The normalized spacial score (nSPS) is 29.1. The molecule has 2 aliphatic heterocycles. The molecule has 0 N–H and O–H groups in total. The first-order valence-electron chi connectivity index (χ1n) is 6.67. The van der Waals surface area contributed by atoms with Crippen LogP contribution in [0.2, 0.25) is 0 Å². The third kappa shape index (κ3) is 3.59. The molecule has 4 atom stereocenters. The van der Waals surface area contributed by atoms with Crippen molar-refractivity contribution >= 4 is 20.2 Å². The van der Waals surface area contributed by atoms with Gasteiger partial charge in [-0.3, -0.25) is 17.7 Å². The van der Waals surface area contributed by atoms with Crippen LogP contribution in [0.15, 0.2) is 17.1 Å². The van der Waals surface area contributed by atoms with Gasteiger partial charge in [0.25, 0.3) is 25.8 Å². The van der Waals surface area contributed by atoms with Crippen LogP contribution < -0.4 is 10.3 Å². The quantitative estimate of drug-likeness (QED) is 0.537. The SMILES string of the molecule is CS(=O)(=O)OCC1OC2C(Oc3nc(=O)ccn32)C1OS(C)(=O)=O. The molecule has 0 spiro atoms. The van der Waals surface area contributed by atoms with Crippen molar-refractivity contribution in [1.82, 2.24) is 9.55 Å². The zero-order valence-electron chi connectivity index (χ0n) is 12.6. The van der Waals surface area contributed by atoms with Gasteiger partial charge in [0.1, 0.15) is 12.2 Å². The van der Waals surface area contributed by atoms with E-state index in [-0.39, 0.29) is 6.01 Å². The lowest BCUT2D eigenvalue weighted by atomic mass is 10.1. The largest absolute Gasteiger partial charge is 0.453 e. The molecule has 0 aliphatic carbocycles. The zero-order valence-corrected chi connectivity index (χ0v) is 14.2. The van der Waals surface area contributed by atoms with Crippen LogP contribution in [0.3, 0.4) is 0 Å². The summed E-state index contributed by atoms with van der Waals surface area (Å²) in [7, 11) is -7.64. The van der Waals surface area contributed by atoms with Crippen LogP contribution in [-0.2, 0) is 33.3 Å². The molecule has 0 saturated carbocycles. The van der Waals surface area contributed by atoms with Crippen molar-refractivity contribution in [3.8, 4) is 6.01 Å². The minimum absolute atomic E-state index is 0.0397. The number of ether oxygens (including phenoxy) is 2. The topological polar surface area (TPSA) is 140 Å². The van der Waals surface area contributed by atoms with E-state index in [1.54, 1.807) is 0 Å². The fourth-order valence-corrected chi connectivity index (χ4v) is 3.52. The van der Waals surface area contributed by atoms with Crippen LogP contribution in [-0.4, -0.2) is 63.8 Å². The Morgan fingerprint density at radius 2 is 1.96 bits per heavy atom. The number of fused-ring (bicyclic) bond motifs is 3. The maximum Gasteiger partial charge on any atom is 0.302 e. The minimum Gasteiger partial charge on any atom is -0.453 e. The number of hydrogen-bond acceptors (Lipinski definition) is 10. The van der Waals surface area contributed by atoms with Gasteiger partial charge in [0.05, 0.1) is 19.1 Å². The number of nitrogens with zero attached hydrogens (tertiary/aromatic N) is 2. The van der Waals surface area contributed by atoms with Crippen molar-refractivity contribution in [1.29, 1.82) is 0 Å². The van der Waals surface area contributed by atoms with Gasteiger partial charge in [0, 0.05) is 12.3 Å². The molecule has 4 unspecified atom stereocenters. The molecule has 3 heterocycles. The van der Waals surface area contributed by atoms with Crippen LogP contribution in [0, 0.1) is 0 Å². The maximum absolute atomic E-state index is 11.5. The van der Waals surface area contributed by atoms with E-state index in [4.69, 9.17) is 13.7 Å². The molecule has 0 bridgehead atoms. The molecule has 11 nitrogen and oxygen atoms in total. The standard InChI is InChI=1S/C11H14N2O9S2/c1-23(15,16)19-5-6-8(22-24(2,17)18)9-10(20-6)13-4-3-7(14)12-11(13)21-9/h3-4,6,8-10H,5H2,1-2H3. The summed E-state index contributed by atoms with van der Waals surface area (Å²) < 4.78 is 67.4. The van der Waals surface area contributed by atoms with E-state index in [2.05, 4.69) is 9.17 Å². The second kappa shape index (κ2) is 5.77. The molecule has 24 heavy (non-hydrogen) atoms. The van der Waals surface area contributed by atoms with Gasteiger partial charge in [0.15, 0.2) is 12.3 Å². The molecule has 0 amide bonds. The number of hydrogen-bond donors (Lipinski definition) is 0. The first-order valence-corrected chi connectivity index (χ1v) is 10.3. The van der Waals surface area contributed by atoms with E-state index in [1.807, 2.05) is 0 Å². The van der Waals surface area contributed by atoms with E-state index in [0.717, 1.165) is 12.5 Å². The highest BCUT2D eigenvalue weighted by atomic mass is 32.2. The Morgan fingerprint density at radius 1 is 1.25 bits per heavy atom. The summed E-state index contributed by atoms with van der Waals surface area (Å²) in [5.74, 6) is 0. The average Bonchev–Trinajstić information content (AvgIpc) is 2.91. The summed E-state index contributed by atoms with van der Waals surface area (Å²) in [6.07, 6.45) is -0.851. The second-order valence-electron chi connectivity index (χ2n) is 5.36. The van der Waals surface area contributed by atoms with E-state index in [9.17, 15) is 21.6 Å². The molecule has 0 radical (unpaired) electrons. The van der Waals surface area contributed by atoms with Gasteiger partial charge in [-0.1, -0.05) is 0 Å². The monoisotopic (exact) mass is 382 g/mol. The van der Waals surface area contributed by atoms with E-state index >= 15 is 0 Å². The molecule has 2 aliphatic rings. The number of aromatic nitrogens is 2. The molecular weight excluding hydrogens is 368 g/mol. The van der Waals surface area contributed by atoms with Gasteiger partial charge >= 0.3 is 6.01 Å². The van der Waals surface area contributed by atoms with Crippen molar-refractivity contribution in [2.24, 2.45) is 0 Å². The summed E-state index contributed by atoms with van der Waals surface area (Å²) in [5, 5.41) is 0. The van der Waals surface area contributed by atoms with E-state index in [0.29, 0.717) is 0 Å². The highest BCUT2D eigenvalue weighted by molar-refractivity contribution is 7.86. The fourth-order valence-electron chi connectivity index (χ4n) is 2.50. The lowest BCUT2D eigenvalue weighted by molar-refractivity contribution is -0.0322. The van der Waals surface area contributed by atoms with Crippen molar-refractivity contribution in [3.63, 3.8) is 0 Å². The molecular formula is C11H14N2O9S2.